The number of rotatable bonds is 3. The molecule has 0 N–H and O–H groups in total. The maximum Gasteiger partial charge on any atom is 0.292 e. The standard InChI is InChI=1S/C15H15N7O3/c23-14-6-11(7-21-10-16-9-17-21)19-13-8-20(4-1-5-22(13)14)15(24)12-2-3-18-25-12/h2-3,6,9-10H,1,4-5,7-8H2. The second kappa shape index (κ2) is 6.30. The van der Waals surface area contributed by atoms with E-state index < -0.39 is 0 Å². The first kappa shape index (κ1) is 15.2. The highest BCUT2D eigenvalue weighted by Crippen LogP contribution is 2.13. The molecule has 10 heteroatoms. The zero-order chi connectivity index (χ0) is 17.2. The van der Waals surface area contributed by atoms with Gasteiger partial charge in [-0.25, -0.2) is 14.6 Å². The summed E-state index contributed by atoms with van der Waals surface area (Å²) in [6, 6.07) is 3.02. The van der Waals surface area contributed by atoms with Crippen molar-refractivity contribution in [2.24, 2.45) is 0 Å². The predicted octanol–water partition coefficient (Wildman–Crippen LogP) is -0.0828. The zero-order valence-electron chi connectivity index (χ0n) is 13.3. The highest BCUT2D eigenvalue weighted by atomic mass is 16.5. The minimum Gasteiger partial charge on any atom is -0.351 e. The second-order valence-electron chi connectivity index (χ2n) is 5.70. The van der Waals surface area contributed by atoms with Gasteiger partial charge in [0.15, 0.2) is 0 Å². The van der Waals surface area contributed by atoms with Gasteiger partial charge in [-0.2, -0.15) is 5.10 Å². The van der Waals surface area contributed by atoms with Crippen LogP contribution < -0.4 is 5.56 Å². The van der Waals surface area contributed by atoms with Gasteiger partial charge in [-0.15, -0.1) is 0 Å². The van der Waals surface area contributed by atoms with Gasteiger partial charge in [0.1, 0.15) is 18.5 Å². The summed E-state index contributed by atoms with van der Waals surface area (Å²) in [4.78, 5) is 35.0. The van der Waals surface area contributed by atoms with E-state index in [0.717, 1.165) is 0 Å². The Morgan fingerprint density at radius 1 is 1.32 bits per heavy atom. The van der Waals surface area contributed by atoms with E-state index in [4.69, 9.17) is 4.52 Å². The van der Waals surface area contributed by atoms with Crippen molar-refractivity contribution < 1.29 is 9.32 Å². The Balaban J connectivity index is 1.64. The van der Waals surface area contributed by atoms with Gasteiger partial charge in [0.2, 0.25) is 5.76 Å². The number of hydrogen-bond acceptors (Lipinski definition) is 7. The monoisotopic (exact) mass is 341 g/mol. The van der Waals surface area contributed by atoms with Gasteiger partial charge in [-0.05, 0) is 6.42 Å². The SMILES string of the molecule is O=C(c1ccno1)N1CCCn2c(nc(Cn3cncn3)cc2=O)C1. The van der Waals surface area contributed by atoms with Crippen LogP contribution in [0.5, 0.6) is 0 Å². The molecule has 4 heterocycles. The molecule has 0 aliphatic carbocycles. The smallest absolute Gasteiger partial charge is 0.292 e. The zero-order valence-corrected chi connectivity index (χ0v) is 13.3. The normalized spacial score (nSPS) is 14.2. The van der Waals surface area contributed by atoms with Crippen LogP contribution in [0.4, 0.5) is 0 Å². The molecular formula is C15H15N7O3. The van der Waals surface area contributed by atoms with Crippen molar-refractivity contribution >= 4 is 5.91 Å². The molecule has 0 bridgehead atoms. The van der Waals surface area contributed by atoms with Crippen LogP contribution in [0.3, 0.4) is 0 Å². The van der Waals surface area contributed by atoms with Crippen LogP contribution in [0.15, 0.2) is 40.3 Å². The van der Waals surface area contributed by atoms with Crippen LogP contribution in [-0.4, -0.2) is 46.8 Å². The van der Waals surface area contributed by atoms with Crippen LogP contribution in [0, 0.1) is 0 Å². The first-order valence-electron chi connectivity index (χ1n) is 7.83. The molecule has 10 nitrogen and oxygen atoms in total. The highest BCUT2D eigenvalue weighted by Gasteiger charge is 2.24. The lowest BCUT2D eigenvalue weighted by Crippen LogP contribution is -2.32. The number of nitrogens with zero attached hydrogens (tertiary/aromatic N) is 7. The summed E-state index contributed by atoms with van der Waals surface area (Å²) in [5.41, 5.74) is 0.449. The van der Waals surface area contributed by atoms with Crippen molar-refractivity contribution in [1.29, 1.82) is 0 Å². The van der Waals surface area contributed by atoms with E-state index in [-0.39, 0.29) is 23.8 Å². The summed E-state index contributed by atoms with van der Waals surface area (Å²) in [6.07, 6.45) is 5.08. The number of fused-ring (bicyclic) bond motifs is 1. The largest absolute Gasteiger partial charge is 0.351 e. The molecule has 4 rings (SSSR count). The van der Waals surface area contributed by atoms with Crippen molar-refractivity contribution in [3.63, 3.8) is 0 Å². The summed E-state index contributed by atoms with van der Waals surface area (Å²) in [6.45, 7) is 1.62. The molecule has 1 aliphatic heterocycles. The minimum absolute atomic E-state index is 0.130. The minimum atomic E-state index is -0.262. The lowest BCUT2D eigenvalue weighted by molar-refractivity contribution is 0.0701. The molecule has 3 aromatic rings. The Morgan fingerprint density at radius 2 is 2.24 bits per heavy atom. The van der Waals surface area contributed by atoms with Crippen LogP contribution in [-0.2, 0) is 19.6 Å². The average molecular weight is 341 g/mol. The molecular weight excluding hydrogens is 326 g/mol. The molecule has 0 atom stereocenters. The van der Waals surface area contributed by atoms with Gasteiger partial charge < -0.3 is 9.42 Å². The molecule has 1 aliphatic rings. The van der Waals surface area contributed by atoms with E-state index in [1.807, 2.05) is 0 Å². The summed E-state index contributed by atoms with van der Waals surface area (Å²) in [5.74, 6) is 0.462. The van der Waals surface area contributed by atoms with E-state index in [9.17, 15) is 9.59 Å². The molecule has 0 saturated carbocycles. The van der Waals surface area contributed by atoms with Gasteiger partial charge in [0.05, 0.1) is 25.0 Å². The fourth-order valence-electron chi connectivity index (χ4n) is 2.85. The maximum atomic E-state index is 12.5. The number of carbonyl (C=O) groups is 1. The van der Waals surface area contributed by atoms with Gasteiger partial charge in [-0.3, -0.25) is 14.2 Å². The summed E-state index contributed by atoms with van der Waals surface area (Å²) >= 11 is 0. The summed E-state index contributed by atoms with van der Waals surface area (Å²) < 4.78 is 8.15. The number of carbonyl (C=O) groups excluding carboxylic acids is 1. The van der Waals surface area contributed by atoms with Crippen molar-refractivity contribution in [2.75, 3.05) is 6.54 Å². The summed E-state index contributed by atoms with van der Waals surface area (Å²) in [7, 11) is 0. The topological polar surface area (TPSA) is 112 Å². The van der Waals surface area contributed by atoms with E-state index in [1.54, 1.807) is 20.5 Å². The maximum absolute atomic E-state index is 12.5. The van der Waals surface area contributed by atoms with E-state index >= 15 is 0 Å². The Morgan fingerprint density at radius 3 is 3.00 bits per heavy atom. The molecule has 0 saturated heterocycles. The Hall–Kier alpha value is -3.30. The third-order valence-electron chi connectivity index (χ3n) is 4.01. The van der Waals surface area contributed by atoms with Crippen LogP contribution in [0.2, 0.25) is 0 Å². The molecule has 3 aromatic heterocycles. The van der Waals surface area contributed by atoms with E-state index in [2.05, 4.69) is 20.2 Å². The number of amides is 1. The molecule has 1 amide bonds. The molecule has 128 valence electrons. The van der Waals surface area contributed by atoms with Crippen LogP contribution in [0.1, 0.15) is 28.5 Å². The van der Waals surface area contributed by atoms with E-state index in [1.165, 1.54) is 24.7 Å². The van der Waals surface area contributed by atoms with Crippen molar-refractivity contribution in [3.8, 4) is 0 Å². The molecule has 0 unspecified atom stereocenters. The fraction of sp³-hybridized carbons (Fsp3) is 0.333. The Bertz CT molecular complexity index is 931. The van der Waals surface area contributed by atoms with Crippen molar-refractivity contribution in [2.45, 2.75) is 26.1 Å². The average Bonchev–Trinajstić information content (AvgIpc) is 3.25. The fourth-order valence-corrected chi connectivity index (χ4v) is 2.85. The van der Waals surface area contributed by atoms with E-state index in [0.29, 0.717) is 37.6 Å². The Labute approximate surface area is 141 Å². The van der Waals surface area contributed by atoms with Crippen molar-refractivity contribution in [1.82, 2.24) is 34.4 Å². The number of aromatic nitrogens is 6. The summed E-state index contributed by atoms with van der Waals surface area (Å²) in [5, 5.41) is 7.59. The first-order valence-corrected chi connectivity index (χ1v) is 7.83. The van der Waals surface area contributed by atoms with Gasteiger partial charge >= 0.3 is 0 Å². The van der Waals surface area contributed by atoms with Gasteiger partial charge in [0.25, 0.3) is 11.5 Å². The predicted molar refractivity (Wildman–Crippen MR) is 83.5 cm³/mol. The van der Waals surface area contributed by atoms with Gasteiger partial charge in [0, 0.05) is 25.2 Å². The first-order chi connectivity index (χ1) is 12.2. The lowest BCUT2D eigenvalue weighted by Gasteiger charge is -2.18. The molecule has 0 aromatic carbocycles. The second-order valence-corrected chi connectivity index (χ2v) is 5.70. The molecule has 25 heavy (non-hydrogen) atoms. The lowest BCUT2D eigenvalue weighted by atomic mass is 10.3. The van der Waals surface area contributed by atoms with Crippen molar-refractivity contribution in [3.05, 3.63) is 58.6 Å². The third kappa shape index (κ3) is 3.05. The molecule has 0 radical (unpaired) electrons. The molecule has 0 fully saturated rings. The number of hydrogen-bond donors (Lipinski definition) is 0. The van der Waals surface area contributed by atoms with Crippen LogP contribution in [0.25, 0.3) is 0 Å². The highest BCUT2D eigenvalue weighted by molar-refractivity contribution is 5.91. The Kier molecular flexibility index (Phi) is 3.84. The van der Waals surface area contributed by atoms with Crippen LogP contribution >= 0.6 is 0 Å². The molecule has 0 spiro atoms. The quantitative estimate of drug-likeness (QED) is 0.655. The van der Waals surface area contributed by atoms with Gasteiger partial charge in [-0.1, -0.05) is 5.16 Å². The third-order valence-corrected chi connectivity index (χ3v) is 4.01.